The number of thiophene rings is 3. The Morgan fingerprint density at radius 1 is 1.03 bits per heavy atom. The van der Waals surface area contributed by atoms with Crippen LogP contribution in [0.15, 0.2) is 48.1 Å². The summed E-state index contributed by atoms with van der Waals surface area (Å²) in [5, 5.41) is 21.6. The van der Waals surface area contributed by atoms with Gasteiger partial charge < -0.3 is 20.7 Å². The van der Waals surface area contributed by atoms with Gasteiger partial charge in [0.15, 0.2) is 5.65 Å². The van der Waals surface area contributed by atoms with Crippen molar-refractivity contribution in [3.8, 4) is 30.1 Å². The van der Waals surface area contributed by atoms with Crippen LogP contribution in [0.3, 0.4) is 0 Å². The summed E-state index contributed by atoms with van der Waals surface area (Å²) < 4.78 is 7.53. The van der Waals surface area contributed by atoms with Crippen molar-refractivity contribution in [2.45, 2.75) is 24.9 Å². The van der Waals surface area contributed by atoms with E-state index in [0.717, 1.165) is 9.75 Å². The molecule has 0 unspecified atom stereocenters. The van der Waals surface area contributed by atoms with Crippen molar-refractivity contribution < 1.29 is 14.9 Å². The first kappa shape index (κ1) is 20.9. The summed E-state index contributed by atoms with van der Waals surface area (Å²) in [5.41, 5.74) is 7.89. The molecule has 6 heterocycles. The van der Waals surface area contributed by atoms with E-state index in [2.05, 4.69) is 50.7 Å². The minimum Gasteiger partial charge on any atom is -0.394 e. The third-order valence-corrected chi connectivity index (χ3v) is 9.02. The van der Waals surface area contributed by atoms with E-state index in [1.165, 1.54) is 14.6 Å². The largest absolute Gasteiger partial charge is 0.394 e. The minimum absolute atomic E-state index is 0.141. The highest BCUT2D eigenvalue weighted by Gasteiger charge is 2.35. The van der Waals surface area contributed by atoms with E-state index < -0.39 is 18.4 Å². The predicted octanol–water partition coefficient (Wildman–Crippen LogP) is 4.23. The molecule has 11 heteroatoms. The van der Waals surface area contributed by atoms with Crippen molar-refractivity contribution in [2.24, 2.45) is 0 Å². The van der Waals surface area contributed by atoms with Gasteiger partial charge in [-0.1, -0.05) is 6.07 Å². The van der Waals surface area contributed by atoms with Crippen LogP contribution in [0, 0.1) is 0 Å². The maximum Gasteiger partial charge on any atom is 0.222 e. The van der Waals surface area contributed by atoms with Gasteiger partial charge in [0.25, 0.3) is 0 Å². The Balaban J connectivity index is 1.36. The second-order valence-electron chi connectivity index (χ2n) is 7.67. The lowest BCUT2D eigenvalue weighted by molar-refractivity contribution is -0.0432. The zero-order chi connectivity index (χ0) is 22.5. The first-order valence-corrected chi connectivity index (χ1v) is 12.8. The standard InChI is InChI=1S/C22H19N5O3S3/c23-22-25-19(20-21(26-22)27(10-24-20)18-8-11(29)12(9-28)30-18)17-6-5-16(33-17)15-4-3-14(32-15)13-2-1-7-31-13/h1-7,10-12,18,28-29H,8-9H2,(H2,23,25,26)/t11-,12-,18-/m1/s1. The fourth-order valence-corrected chi connectivity index (χ4v) is 6.91. The van der Waals surface area contributed by atoms with E-state index in [0.29, 0.717) is 23.3 Å². The van der Waals surface area contributed by atoms with E-state index in [1.54, 1.807) is 44.9 Å². The van der Waals surface area contributed by atoms with E-state index in [-0.39, 0.29) is 12.6 Å². The number of fused-ring (bicyclic) bond motifs is 1. The Morgan fingerprint density at radius 3 is 2.45 bits per heavy atom. The lowest BCUT2D eigenvalue weighted by Crippen LogP contribution is -2.24. The zero-order valence-electron chi connectivity index (χ0n) is 17.2. The molecule has 0 saturated carbocycles. The Kier molecular flexibility index (Phi) is 5.24. The SMILES string of the molecule is Nc1nc(-c2ccc(-c3ccc(-c4cccs4)s3)s2)c2ncn([C@H]3C[C@@H](O)[C@@H](CO)O3)c2n1. The summed E-state index contributed by atoms with van der Waals surface area (Å²) in [6.45, 7) is -0.248. The molecule has 0 aliphatic carbocycles. The number of nitrogens with two attached hydrogens (primary N) is 1. The van der Waals surface area contributed by atoms with Gasteiger partial charge in [-0.25, -0.2) is 9.97 Å². The molecule has 5 aromatic rings. The number of ether oxygens (including phenoxy) is 1. The normalized spacial score (nSPS) is 20.7. The summed E-state index contributed by atoms with van der Waals surface area (Å²) in [5.74, 6) is 0.141. The molecule has 0 amide bonds. The third-order valence-electron chi connectivity index (χ3n) is 5.59. The molecule has 1 aliphatic rings. The maximum absolute atomic E-state index is 10.1. The average molecular weight is 498 g/mol. The highest BCUT2D eigenvalue weighted by molar-refractivity contribution is 7.27. The molecule has 0 radical (unpaired) electrons. The van der Waals surface area contributed by atoms with Crippen molar-refractivity contribution in [1.29, 1.82) is 0 Å². The molecule has 5 aromatic heterocycles. The number of nitrogen functional groups attached to an aromatic ring is 1. The fourth-order valence-electron chi connectivity index (χ4n) is 3.99. The molecule has 1 saturated heterocycles. The van der Waals surface area contributed by atoms with Gasteiger partial charge in [-0.15, -0.1) is 34.0 Å². The zero-order valence-corrected chi connectivity index (χ0v) is 19.6. The molecule has 8 nitrogen and oxygen atoms in total. The average Bonchev–Trinajstić information content (AvgIpc) is 3.62. The van der Waals surface area contributed by atoms with Crippen molar-refractivity contribution in [1.82, 2.24) is 19.5 Å². The number of rotatable bonds is 5. The van der Waals surface area contributed by atoms with Crippen molar-refractivity contribution in [3.05, 3.63) is 48.1 Å². The monoisotopic (exact) mass is 497 g/mol. The Bertz CT molecular complexity index is 1420. The topological polar surface area (TPSA) is 119 Å². The van der Waals surface area contributed by atoms with Crippen LogP contribution in [0.4, 0.5) is 5.95 Å². The van der Waals surface area contributed by atoms with E-state index in [9.17, 15) is 10.2 Å². The first-order valence-electron chi connectivity index (χ1n) is 10.3. The Morgan fingerprint density at radius 2 is 1.76 bits per heavy atom. The van der Waals surface area contributed by atoms with Crippen molar-refractivity contribution in [3.63, 3.8) is 0 Å². The van der Waals surface area contributed by atoms with Gasteiger partial charge in [0.2, 0.25) is 5.95 Å². The van der Waals surface area contributed by atoms with E-state index in [4.69, 9.17) is 10.5 Å². The highest BCUT2D eigenvalue weighted by atomic mass is 32.1. The number of aliphatic hydroxyl groups excluding tert-OH is 2. The third kappa shape index (κ3) is 3.66. The molecule has 4 N–H and O–H groups in total. The molecule has 0 bridgehead atoms. The van der Waals surface area contributed by atoms with Crippen LogP contribution < -0.4 is 5.73 Å². The Hall–Kier alpha value is -2.67. The molecule has 0 spiro atoms. The van der Waals surface area contributed by atoms with Gasteiger partial charge >= 0.3 is 0 Å². The van der Waals surface area contributed by atoms with Crippen LogP contribution >= 0.6 is 34.0 Å². The summed E-state index contributed by atoms with van der Waals surface area (Å²) >= 11 is 5.14. The van der Waals surface area contributed by atoms with Crippen molar-refractivity contribution >= 4 is 51.1 Å². The molecule has 1 aliphatic heterocycles. The number of imidazole rings is 1. The molecule has 33 heavy (non-hydrogen) atoms. The molecular formula is C22H19N5O3S3. The van der Waals surface area contributed by atoms with Gasteiger partial charge in [0, 0.05) is 25.9 Å². The van der Waals surface area contributed by atoms with Crippen LogP contribution in [-0.2, 0) is 4.74 Å². The van der Waals surface area contributed by atoms with Crippen LogP contribution in [0.2, 0.25) is 0 Å². The minimum atomic E-state index is -0.749. The molecule has 3 atom stereocenters. The van der Waals surface area contributed by atoms with Crippen LogP contribution in [0.1, 0.15) is 12.6 Å². The van der Waals surface area contributed by atoms with Crippen LogP contribution in [-0.4, -0.2) is 48.5 Å². The second kappa shape index (κ2) is 8.28. The fraction of sp³-hybridized carbons (Fsp3) is 0.227. The van der Waals surface area contributed by atoms with Gasteiger partial charge in [-0.3, -0.25) is 4.57 Å². The predicted molar refractivity (Wildman–Crippen MR) is 131 cm³/mol. The van der Waals surface area contributed by atoms with Crippen molar-refractivity contribution in [2.75, 3.05) is 12.3 Å². The van der Waals surface area contributed by atoms with Gasteiger partial charge in [-0.2, -0.15) is 4.98 Å². The first-order chi connectivity index (χ1) is 16.1. The van der Waals surface area contributed by atoms with Gasteiger partial charge in [-0.05, 0) is 35.7 Å². The molecular weight excluding hydrogens is 478 g/mol. The molecule has 0 aromatic carbocycles. The molecule has 168 valence electrons. The number of nitrogens with zero attached hydrogens (tertiary/aromatic N) is 4. The van der Waals surface area contributed by atoms with Crippen LogP contribution in [0.25, 0.3) is 41.2 Å². The maximum atomic E-state index is 10.1. The number of hydrogen-bond donors (Lipinski definition) is 3. The highest BCUT2D eigenvalue weighted by Crippen LogP contribution is 2.42. The number of aliphatic hydroxyl groups is 2. The van der Waals surface area contributed by atoms with E-state index >= 15 is 0 Å². The Labute approximate surface area is 200 Å². The summed E-state index contributed by atoms with van der Waals surface area (Å²) in [4.78, 5) is 19.2. The van der Waals surface area contributed by atoms with Gasteiger partial charge in [0.1, 0.15) is 23.5 Å². The summed E-state index contributed by atoms with van der Waals surface area (Å²) in [6, 6.07) is 12.6. The molecule has 6 rings (SSSR count). The number of anilines is 1. The summed E-state index contributed by atoms with van der Waals surface area (Å²) in [7, 11) is 0. The second-order valence-corrected chi connectivity index (χ2v) is 10.8. The summed E-state index contributed by atoms with van der Waals surface area (Å²) in [6.07, 6.45) is 0.103. The lowest BCUT2D eigenvalue weighted by Gasteiger charge is -2.13. The molecule has 1 fully saturated rings. The van der Waals surface area contributed by atoms with E-state index in [1.807, 2.05) is 6.07 Å². The number of aromatic nitrogens is 4. The number of hydrogen-bond acceptors (Lipinski definition) is 10. The quantitative estimate of drug-likeness (QED) is 0.332. The van der Waals surface area contributed by atoms with Crippen LogP contribution in [0.5, 0.6) is 0 Å². The lowest BCUT2D eigenvalue weighted by atomic mass is 10.2. The smallest absolute Gasteiger partial charge is 0.222 e. The van der Waals surface area contributed by atoms with Gasteiger partial charge in [0.05, 0.1) is 23.9 Å².